The number of hydrogen-bond donors (Lipinski definition) is 0. The molecule has 3 rings (SSSR count). The van der Waals surface area contributed by atoms with Gasteiger partial charge in [0.15, 0.2) is 6.61 Å². The fourth-order valence-electron chi connectivity index (χ4n) is 2.84. The molecule has 0 spiro atoms. The lowest BCUT2D eigenvalue weighted by molar-refractivity contribution is -0.139. The van der Waals surface area contributed by atoms with Crippen molar-refractivity contribution in [3.63, 3.8) is 0 Å². The summed E-state index contributed by atoms with van der Waals surface area (Å²) in [5.41, 5.74) is 2.21. The Morgan fingerprint density at radius 3 is 2.76 bits per heavy atom. The second-order valence-corrected chi connectivity index (χ2v) is 5.87. The van der Waals surface area contributed by atoms with Crippen LogP contribution >= 0.6 is 0 Å². The Morgan fingerprint density at radius 2 is 1.96 bits per heavy atom. The summed E-state index contributed by atoms with van der Waals surface area (Å²) in [5.74, 6) is 0.505. The molecular formula is C20H20N2O3. The van der Waals surface area contributed by atoms with Gasteiger partial charge >= 0.3 is 0 Å². The van der Waals surface area contributed by atoms with Crippen LogP contribution in [0.3, 0.4) is 0 Å². The third-order valence-electron chi connectivity index (χ3n) is 4.16. The van der Waals surface area contributed by atoms with Gasteiger partial charge in [0.25, 0.3) is 5.91 Å². The summed E-state index contributed by atoms with van der Waals surface area (Å²) in [7, 11) is 0. The molecule has 1 heterocycles. The normalized spacial score (nSPS) is 16.9. The van der Waals surface area contributed by atoms with Crippen LogP contribution in [0.4, 0.5) is 0 Å². The lowest BCUT2D eigenvalue weighted by atomic mass is 10.0. The van der Waals surface area contributed by atoms with Crippen molar-refractivity contribution in [3.05, 3.63) is 65.7 Å². The first-order valence-electron chi connectivity index (χ1n) is 8.29. The van der Waals surface area contributed by atoms with E-state index in [1.54, 1.807) is 0 Å². The Hall–Kier alpha value is -2.84. The van der Waals surface area contributed by atoms with Gasteiger partial charge in [-0.05, 0) is 17.2 Å². The van der Waals surface area contributed by atoms with Gasteiger partial charge in [0.1, 0.15) is 11.8 Å². The zero-order valence-electron chi connectivity index (χ0n) is 13.9. The highest BCUT2D eigenvalue weighted by molar-refractivity contribution is 5.78. The Labute approximate surface area is 147 Å². The smallest absolute Gasteiger partial charge is 0.261 e. The van der Waals surface area contributed by atoms with Crippen LogP contribution in [-0.4, -0.2) is 43.2 Å². The molecule has 2 aromatic carbocycles. The van der Waals surface area contributed by atoms with Gasteiger partial charge in [0.05, 0.1) is 19.3 Å². The molecule has 1 fully saturated rings. The SMILES string of the molecule is N#C[C@@H]1COCCN1C(=O)COc1ccccc1Cc1ccccc1. The molecule has 1 aliphatic rings. The van der Waals surface area contributed by atoms with Gasteiger partial charge in [0, 0.05) is 13.0 Å². The van der Waals surface area contributed by atoms with Crippen LogP contribution in [0.5, 0.6) is 5.75 Å². The van der Waals surface area contributed by atoms with E-state index in [0.717, 1.165) is 12.0 Å². The number of nitriles is 1. The Balaban J connectivity index is 1.65. The Kier molecular flexibility index (Phi) is 5.65. The van der Waals surface area contributed by atoms with Crippen molar-refractivity contribution in [1.29, 1.82) is 5.26 Å². The lowest BCUT2D eigenvalue weighted by Gasteiger charge is -2.31. The van der Waals surface area contributed by atoms with Crippen molar-refractivity contribution in [2.45, 2.75) is 12.5 Å². The molecule has 1 amide bonds. The number of benzene rings is 2. The maximum atomic E-state index is 12.4. The second kappa shape index (κ2) is 8.32. The van der Waals surface area contributed by atoms with E-state index in [2.05, 4.69) is 18.2 Å². The zero-order valence-corrected chi connectivity index (χ0v) is 13.9. The van der Waals surface area contributed by atoms with E-state index in [1.807, 2.05) is 42.5 Å². The van der Waals surface area contributed by atoms with Gasteiger partial charge < -0.3 is 14.4 Å². The molecular weight excluding hydrogens is 316 g/mol. The average molecular weight is 336 g/mol. The third-order valence-corrected chi connectivity index (χ3v) is 4.16. The summed E-state index contributed by atoms with van der Waals surface area (Å²) < 4.78 is 11.0. The highest BCUT2D eigenvalue weighted by Crippen LogP contribution is 2.21. The molecule has 25 heavy (non-hydrogen) atoms. The fraction of sp³-hybridized carbons (Fsp3) is 0.300. The van der Waals surface area contributed by atoms with E-state index in [1.165, 1.54) is 10.5 Å². The predicted octanol–water partition coefficient (Wildman–Crippen LogP) is 2.41. The molecule has 0 radical (unpaired) electrons. The Morgan fingerprint density at radius 1 is 1.20 bits per heavy atom. The van der Waals surface area contributed by atoms with E-state index in [0.29, 0.717) is 18.9 Å². The third kappa shape index (κ3) is 4.37. The van der Waals surface area contributed by atoms with Crippen molar-refractivity contribution in [1.82, 2.24) is 4.90 Å². The quantitative estimate of drug-likeness (QED) is 0.841. The number of rotatable bonds is 5. The number of morpholine rings is 1. The van der Waals surface area contributed by atoms with Gasteiger partial charge in [-0.2, -0.15) is 5.26 Å². The zero-order chi connectivity index (χ0) is 17.5. The van der Waals surface area contributed by atoms with Crippen LogP contribution in [0.1, 0.15) is 11.1 Å². The predicted molar refractivity (Wildman–Crippen MR) is 93.1 cm³/mol. The fourth-order valence-corrected chi connectivity index (χ4v) is 2.84. The van der Waals surface area contributed by atoms with Crippen LogP contribution in [0.15, 0.2) is 54.6 Å². The summed E-state index contributed by atoms with van der Waals surface area (Å²) in [6.07, 6.45) is 0.740. The molecule has 1 saturated heterocycles. The molecule has 0 saturated carbocycles. The monoisotopic (exact) mass is 336 g/mol. The minimum Gasteiger partial charge on any atom is -0.483 e. The summed E-state index contributed by atoms with van der Waals surface area (Å²) in [6, 6.07) is 19.4. The molecule has 0 aliphatic carbocycles. The molecule has 0 unspecified atom stereocenters. The largest absolute Gasteiger partial charge is 0.483 e. The van der Waals surface area contributed by atoms with Crippen LogP contribution < -0.4 is 4.74 Å². The second-order valence-electron chi connectivity index (χ2n) is 5.87. The summed E-state index contributed by atoms with van der Waals surface area (Å²) in [6.45, 7) is 1.05. The van der Waals surface area contributed by atoms with Gasteiger partial charge in [-0.15, -0.1) is 0 Å². The minimum absolute atomic E-state index is 0.0794. The Bertz CT molecular complexity index is 755. The number of amides is 1. The number of ether oxygens (including phenoxy) is 2. The first-order valence-corrected chi connectivity index (χ1v) is 8.29. The van der Waals surface area contributed by atoms with Gasteiger partial charge in [-0.1, -0.05) is 48.5 Å². The molecule has 1 aliphatic heterocycles. The van der Waals surface area contributed by atoms with Crippen LogP contribution in [0.25, 0.3) is 0 Å². The summed E-state index contributed by atoms with van der Waals surface area (Å²) >= 11 is 0. The molecule has 5 nitrogen and oxygen atoms in total. The standard InChI is InChI=1S/C20H20N2O3/c21-13-18-14-24-11-10-22(18)20(23)15-25-19-9-5-4-8-17(19)12-16-6-2-1-3-7-16/h1-9,18H,10-12,14-15H2/t18-/m1/s1. The average Bonchev–Trinajstić information content (AvgIpc) is 2.68. The molecule has 0 aromatic heterocycles. The van der Waals surface area contributed by atoms with E-state index in [-0.39, 0.29) is 19.1 Å². The van der Waals surface area contributed by atoms with Crippen molar-refractivity contribution in [2.24, 2.45) is 0 Å². The van der Waals surface area contributed by atoms with Crippen molar-refractivity contribution in [3.8, 4) is 11.8 Å². The van der Waals surface area contributed by atoms with E-state index >= 15 is 0 Å². The van der Waals surface area contributed by atoms with Crippen LogP contribution in [0.2, 0.25) is 0 Å². The van der Waals surface area contributed by atoms with Crippen LogP contribution in [0, 0.1) is 11.3 Å². The van der Waals surface area contributed by atoms with Crippen molar-refractivity contribution in [2.75, 3.05) is 26.4 Å². The van der Waals surface area contributed by atoms with E-state index in [4.69, 9.17) is 14.7 Å². The highest BCUT2D eigenvalue weighted by Gasteiger charge is 2.27. The molecule has 0 N–H and O–H groups in total. The molecule has 128 valence electrons. The van der Waals surface area contributed by atoms with Gasteiger partial charge in [-0.3, -0.25) is 4.79 Å². The highest BCUT2D eigenvalue weighted by atomic mass is 16.5. The van der Waals surface area contributed by atoms with Crippen molar-refractivity contribution >= 4 is 5.91 Å². The molecule has 0 bridgehead atoms. The number of hydrogen-bond acceptors (Lipinski definition) is 4. The first-order chi connectivity index (χ1) is 12.3. The molecule has 2 aromatic rings. The maximum absolute atomic E-state index is 12.4. The van der Waals surface area contributed by atoms with Crippen molar-refractivity contribution < 1.29 is 14.3 Å². The number of para-hydroxylation sites is 1. The number of carbonyl (C=O) groups is 1. The topological polar surface area (TPSA) is 62.6 Å². The lowest BCUT2D eigenvalue weighted by Crippen LogP contribution is -2.49. The number of nitrogens with zero attached hydrogens (tertiary/aromatic N) is 2. The van der Waals surface area contributed by atoms with E-state index in [9.17, 15) is 4.79 Å². The maximum Gasteiger partial charge on any atom is 0.261 e. The van der Waals surface area contributed by atoms with Gasteiger partial charge in [0.2, 0.25) is 0 Å². The van der Waals surface area contributed by atoms with Gasteiger partial charge in [-0.25, -0.2) is 0 Å². The minimum atomic E-state index is -0.538. The van der Waals surface area contributed by atoms with E-state index < -0.39 is 6.04 Å². The summed E-state index contributed by atoms with van der Waals surface area (Å²) in [5, 5.41) is 9.14. The number of carbonyl (C=O) groups excluding carboxylic acids is 1. The summed E-state index contributed by atoms with van der Waals surface area (Å²) in [4.78, 5) is 13.9. The molecule has 5 heteroatoms. The first kappa shape index (κ1) is 17.0. The van der Waals surface area contributed by atoms with Crippen LogP contribution in [-0.2, 0) is 16.0 Å². The molecule has 1 atom stereocenters.